The van der Waals surface area contributed by atoms with E-state index in [1.165, 1.54) is 0 Å². The van der Waals surface area contributed by atoms with E-state index in [0.29, 0.717) is 17.5 Å². The predicted octanol–water partition coefficient (Wildman–Crippen LogP) is 4.06. The van der Waals surface area contributed by atoms with Crippen molar-refractivity contribution >= 4 is 11.6 Å². The third-order valence-electron chi connectivity index (χ3n) is 3.01. The SMILES string of the molecule is CC(C)CNCc1cccc(Cl)c1OCc1ccccn1. The first-order valence-corrected chi connectivity index (χ1v) is 7.55. The van der Waals surface area contributed by atoms with Crippen LogP contribution >= 0.6 is 11.6 Å². The highest BCUT2D eigenvalue weighted by Crippen LogP contribution is 2.29. The van der Waals surface area contributed by atoms with Crippen LogP contribution in [0.5, 0.6) is 5.75 Å². The molecule has 2 aromatic rings. The summed E-state index contributed by atoms with van der Waals surface area (Å²) in [6.07, 6.45) is 1.76. The Balaban J connectivity index is 2.03. The van der Waals surface area contributed by atoms with Crippen molar-refractivity contribution in [3.05, 3.63) is 58.9 Å². The average molecular weight is 305 g/mol. The monoisotopic (exact) mass is 304 g/mol. The second-order valence-corrected chi connectivity index (χ2v) is 5.77. The summed E-state index contributed by atoms with van der Waals surface area (Å²) in [6.45, 7) is 6.50. The summed E-state index contributed by atoms with van der Waals surface area (Å²) >= 11 is 6.26. The number of halogens is 1. The van der Waals surface area contributed by atoms with Gasteiger partial charge in [0.05, 0.1) is 10.7 Å². The molecule has 3 nitrogen and oxygen atoms in total. The summed E-state index contributed by atoms with van der Waals surface area (Å²) in [6, 6.07) is 11.6. The number of nitrogens with zero attached hydrogens (tertiary/aromatic N) is 1. The minimum Gasteiger partial charge on any atom is -0.485 e. The van der Waals surface area contributed by atoms with Crippen LogP contribution in [0.3, 0.4) is 0 Å². The van der Waals surface area contributed by atoms with E-state index < -0.39 is 0 Å². The summed E-state index contributed by atoms with van der Waals surface area (Å²) < 4.78 is 5.88. The molecule has 1 aromatic carbocycles. The van der Waals surface area contributed by atoms with Crippen LogP contribution in [0.2, 0.25) is 5.02 Å². The van der Waals surface area contributed by atoms with Crippen LogP contribution in [-0.2, 0) is 13.2 Å². The van der Waals surface area contributed by atoms with Gasteiger partial charge in [-0.05, 0) is 30.7 Å². The predicted molar refractivity (Wildman–Crippen MR) is 86.6 cm³/mol. The van der Waals surface area contributed by atoms with Crippen molar-refractivity contribution < 1.29 is 4.74 Å². The van der Waals surface area contributed by atoms with Crippen LogP contribution in [0.25, 0.3) is 0 Å². The molecule has 0 saturated carbocycles. The number of hydrogen-bond acceptors (Lipinski definition) is 3. The molecule has 2 rings (SSSR count). The van der Waals surface area contributed by atoms with Gasteiger partial charge in [-0.15, -0.1) is 0 Å². The zero-order valence-corrected chi connectivity index (χ0v) is 13.2. The van der Waals surface area contributed by atoms with Gasteiger partial charge in [-0.2, -0.15) is 0 Å². The third-order valence-corrected chi connectivity index (χ3v) is 3.30. The van der Waals surface area contributed by atoms with Crippen molar-refractivity contribution in [3.63, 3.8) is 0 Å². The third kappa shape index (κ3) is 5.03. The molecular weight excluding hydrogens is 284 g/mol. The molecule has 0 aliphatic rings. The van der Waals surface area contributed by atoms with Crippen LogP contribution in [0.1, 0.15) is 25.1 Å². The van der Waals surface area contributed by atoms with Gasteiger partial charge in [0.25, 0.3) is 0 Å². The lowest BCUT2D eigenvalue weighted by molar-refractivity contribution is 0.297. The van der Waals surface area contributed by atoms with E-state index in [1.807, 2.05) is 36.4 Å². The van der Waals surface area contributed by atoms with Crippen molar-refractivity contribution in [2.75, 3.05) is 6.54 Å². The van der Waals surface area contributed by atoms with Crippen molar-refractivity contribution in [1.82, 2.24) is 10.3 Å². The first-order chi connectivity index (χ1) is 10.2. The van der Waals surface area contributed by atoms with Crippen molar-refractivity contribution in [2.45, 2.75) is 27.0 Å². The molecule has 0 amide bonds. The molecule has 0 spiro atoms. The highest BCUT2D eigenvalue weighted by molar-refractivity contribution is 6.32. The lowest BCUT2D eigenvalue weighted by atomic mass is 10.1. The Morgan fingerprint density at radius 3 is 2.76 bits per heavy atom. The smallest absolute Gasteiger partial charge is 0.142 e. The molecule has 0 radical (unpaired) electrons. The van der Waals surface area contributed by atoms with Crippen LogP contribution in [-0.4, -0.2) is 11.5 Å². The Morgan fingerprint density at radius 2 is 2.05 bits per heavy atom. The van der Waals surface area contributed by atoms with Gasteiger partial charge in [-0.25, -0.2) is 0 Å². The molecule has 0 unspecified atom stereocenters. The zero-order chi connectivity index (χ0) is 15.1. The molecule has 1 N–H and O–H groups in total. The van der Waals surface area contributed by atoms with E-state index in [4.69, 9.17) is 16.3 Å². The fourth-order valence-corrected chi connectivity index (χ4v) is 2.23. The molecule has 0 aliphatic heterocycles. The van der Waals surface area contributed by atoms with Crippen LogP contribution in [0.15, 0.2) is 42.6 Å². The number of pyridine rings is 1. The minimum atomic E-state index is 0.418. The standard InChI is InChI=1S/C17H21ClN2O/c1-13(2)10-19-11-14-6-5-8-16(18)17(14)21-12-15-7-3-4-9-20-15/h3-9,13,19H,10-12H2,1-2H3. The van der Waals surface area contributed by atoms with Crippen LogP contribution in [0, 0.1) is 5.92 Å². The number of hydrogen-bond donors (Lipinski definition) is 1. The van der Waals surface area contributed by atoms with Gasteiger partial charge < -0.3 is 10.1 Å². The largest absolute Gasteiger partial charge is 0.485 e. The van der Waals surface area contributed by atoms with Gasteiger partial charge in [-0.3, -0.25) is 4.98 Å². The first-order valence-electron chi connectivity index (χ1n) is 7.17. The summed E-state index contributed by atoms with van der Waals surface area (Å²) in [5.41, 5.74) is 1.96. The number of nitrogens with one attached hydrogen (secondary N) is 1. The molecule has 1 aromatic heterocycles. The van der Waals surface area contributed by atoms with Gasteiger partial charge >= 0.3 is 0 Å². The second kappa shape index (κ2) is 8.01. The second-order valence-electron chi connectivity index (χ2n) is 5.36. The van der Waals surface area contributed by atoms with Gasteiger partial charge in [0.15, 0.2) is 0 Å². The van der Waals surface area contributed by atoms with E-state index in [1.54, 1.807) is 6.20 Å². The lowest BCUT2D eigenvalue weighted by Crippen LogP contribution is -2.19. The van der Waals surface area contributed by atoms with Gasteiger partial charge in [-0.1, -0.05) is 43.6 Å². The molecule has 0 saturated heterocycles. The van der Waals surface area contributed by atoms with Gasteiger partial charge in [0.2, 0.25) is 0 Å². The summed E-state index contributed by atoms with van der Waals surface area (Å²) in [5.74, 6) is 1.35. The van der Waals surface area contributed by atoms with Crippen molar-refractivity contribution in [1.29, 1.82) is 0 Å². The number of rotatable bonds is 7. The molecule has 0 atom stereocenters. The maximum Gasteiger partial charge on any atom is 0.142 e. The number of para-hydroxylation sites is 1. The lowest BCUT2D eigenvalue weighted by Gasteiger charge is -2.14. The fourth-order valence-electron chi connectivity index (χ4n) is 1.98. The topological polar surface area (TPSA) is 34.1 Å². The van der Waals surface area contributed by atoms with Crippen molar-refractivity contribution in [2.24, 2.45) is 5.92 Å². The van der Waals surface area contributed by atoms with E-state index in [2.05, 4.69) is 24.1 Å². The molecule has 0 fully saturated rings. The normalized spacial score (nSPS) is 10.9. The fraction of sp³-hybridized carbons (Fsp3) is 0.353. The van der Waals surface area contributed by atoms with Crippen LogP contribution < -0.4 is 10.1 Å². The quantitative estimate of drug-likeness (QED) is 0.837. The van der Waals surface area contributed by atoms with Crippen molar-refractivity contribution in [3.8, 4) is 5.75 Å². The maximum absolute atomic E-state index is 6.26. The average Bonchev–Trinajstić information content (AvgIpc) is 2.47. The minimum absolute atomic E-state index is 0.418. The number of ether oxygens (including phenoxy) is 1. The molecular formula is C17H21ClN2O. The Morgan fingerprint density at radius 1 is 1.19 bits per heavy atom. The molecule has 0 aliphatic carbocycles. The zero-order valence-electron chi connectivity index (χ0n) is 12.5. The van der Waals surface area contributed by atoms with Gasteiger partial charge in [0, 0.05) is 18.3 Å². The Hall–Kier alpha value is -1.58. The molecule has 4 heteroatoms. The van der Waals surface area contributed by atoms with E-state index in [0.717, 1.165) is 30.1 Å². The first kappa shape index (κ1) is 15.8. The van der Waals surface area contributed by atoms with E-state index in [9.17, 15) is 0 Å². The highest BCUT2D eigenvalue weighted by atomic mass is 35.5. The molecule has 21 heavy (non-hydrogen) atoms. The summed E-state index contributed by atoms with van der Waals surface area (Å²) in [4.78, 5) is 4.25. The highest BCUT2D eigenvalue weighted by Gasteiger charge is 2.09. The Bertz CT molecular complexity index is 558. The summed E-state index contributed by atoms with van der Waals surface area (Å²) in [7, 11) is 0. The van der Waals surface area contributed by atoms with E-state index in [-0.39, 0.29) is 0 Å². The number of benzene rings is 1. The van der Waals surface area contributed by atoms with E-state index >= 15 is 0 Å². The molecule has 1 heterocycles. The van der Waals surface area contributed by atoms with Gasteiger partial charge in [0.1, 0.15) is 12.4 Å². The molecule has 112 valence electrons. The Kier molecular flexibility index (Phi) is 6.03. The van der Waals surface area contributed by atoms with Crippen LogP contribution in [0.4, 0.5) is 0 Å². The maximum atomic E-state index is 6.26. The molecule has 0 bridgehead atoms. The Labute approximate surface area is 131 Å². The summed E-state index contributed by atoms with van der Waals surface area (Å²) in [5, 5.41) is 4.05. The number of aromatic nitrogens is 1.